The standard InChI is InChI=1S/C18H16Cl2N4O/c19-16-5-4-15(7-17(16)20)24-18(25)14(9-22)11-23-10-13-3-1-2-12(6-13)8-21/h1-7,11,23H,8,10,21H2,(H,24,25)/b14-11-. The third-order valence-corrected chi connectivity index (χ3v) is 4.06. The number of hydrogen-bond acceptors (Lipinski definition) is 4. The third-order valence-electron chi connectivity index (χ3n) is 3.32. The Morgan fingerprint density at radius 3 is 2.60 bits per heavy atom. The van der Waals surface area contributed by atoms with E-state index in [1.807, 2.05) is 30.3 Å². The molecule has 0 spiro atoms. The Balaban J connectivity index is 1.99. The number of nitrogens with one attached hydrogen (secondary N) is 2. The molecule has 128 valence electrons. The second-order valence-corrected chi connectivity index (χ2v) is 5.97. The van der Waals surface area contributed by atoms with Gasteiger partial charge in [0.05, 0.1) is 10.0 Å². The quantitative estimate of drug-likeness (QED) is 0.532. The molecule has 0 saturated heterocycles. The van der Waals surface area contributed by atoms with Crippen molar-refractivity contribution in [3.8, 4) is 6.07 Å². The Hall–Kier alpha value is -2.52. The van der Waals surface area contributed by atoms with Crippen LogP contribution >= 0.6 is 23.2 Å². The lowest BCUT2D eigenvalue weighted by Gasteiger charge is -2.07. The summed E-state index contributed by atoms with van der Waals surface area (Å²) in [5.74, 6) is -0.538. The van der Waals surface area contributed by atoms with Crippen LogP contribution in [0.2, 0.25) is 10.0 Å². The summed E-state index contributed by atoms with van der Waals surface area (Å²) in [4.78, 5) is 12.1. The first-order valence-corrected chi connectivity index (χ1v) is 8.17. The maximum atomic E-state index is 12.1. The van der Waals surface area contributed by atoms with Gasteiger partial charge in [-0.1, -0.05) is 47.5 Å². The van der Waals surface area contributed by atoms with Crippen LogP contribution in [-0.4, -0.2) is 5.91 Å². The lowest BCUT2D eigenvalue weighted by molar-refractivity contribution is -0.112. The monoisotopic (exact) mass is 374 g/mol. The molecule has 0 unspecified atom stereocenters. The molecule has 0 atom stereocenters. The largest absolute Gasteiger partial charge is 0.386 e. The number of nitrogens with two attached hydrogens (primary N) is 1. The molecule has 4 N–H and O–H groups in total. The van der Waals surface area contributed by atoms with E-state index < -0.39 is 5.91 Å². The summed E-state index contributed by atoms with van der Waals surface area (Å²) in [6.07, 6.45) is 1.38. The Morgan fingerprint density at radius 2 is 1.92 bits per heavy atom. The van der Waals surface area contributed by atoms with Crippen molar-refractivity contribution in [3.05, 3.63) is 75.4 Å². The van der Waals surface area contributed by atoms with Crippen molar-refractivity contribution < 1.29 is 4.79 Å². The van der Waals surface area contributed by atoms with Crippen LogP contribution in [0.5, 0.6) is 0 Å². The van der Waals surface area contributed by atoms with Gasteiger partial charge in [-0.05, 0) is 29.3 Å². The Bertz CT molecular complexity index is 843. The smallest absolute Gasteiger partial charge is 0.267 e. The van der Waals surface area contributed by atoms with E-state index in [-0.39, 0.29) is 5.57 Å². The minimum absolute atomic E-state index is 0.0546. The first-order chi connectivity index (χ1) is 12.0. The van der Waals surface area contributed by atoms with Gasteiger partial charge in [0.25, 0.3) is 5.91 Å². The number of halogens is 2. The molecule has 0 aromatic heterocycles. The number of nitriles is 1. The van der Waals surface area contributed by atoms with E-state index in [1.54, 1.807) is 12.1 Å². The summed E-state index contributed by atoms with van der Waals surface area (Å²) in [5, 5.41) is 15.4. The number of rotatable bonds is 6. The van der Waals surface area contributed by atoms with E-state index in [1.165, 1.54) is 12.3 Å². The fourth-order valence-corrected chi connectivity index (χ4v) is 2.36. The van der Waals surface area contributed by atoms with Gasteiger partial charge in [-0.15, -0.1) is 0 Å². The second kappa shape index (κ2) is 9.09. The van der Waals surface area contributed by atoms with Gasteiger partial charge in [0.1, 0.15) is 11.6 Å². The van der Waals surface area contributed by atoms with Crippen LogP contribution in [0, 0.1) is 11.3 Å². The topological polar surface area (TPSA) is 90.9 Å². The highest BCUT2D eigenvalue weighted by atomic mass is 35.5. The molecule has 0 fully saturated rings. The van der Waals surface area contributed by atoms with Gasteiger partial charge in [0, 0.05) is 25.0 Å². The fraction of sp³-hybridized carbons (Fsp3) is 0.111. The van der Waals surface area contributed by atoms with Crippen molar-refractivity contribution in [2.75, 3.05) is 5.32 Å². The van der Waals surface area contributed by atoms with Gasteiger partial charge in [0.2, 0.25) is 0 Å². The third kappa shape index (κ3) is 5.50. The molecule has 1 amide bonds. The number of benzene rings is 2. The van der Waals surface area contributed by atoms with Gasteiger partial charge < -0.3 is 16.4 Å². The van der Waals surface area contributed by atoms with Gasteiger partial charge in [-0.3, -0.25) is 4.79 Å². The van der Waals surface area contributed by atoms with Crippen molar-refractivity contribution in [1.82, 2.24) is 5.32 Å². The number of nitrogens with zero attached hydrogens (tertiary/aromatic N) is 1. The van der Waals surface area contributed by atoms with Gasteiger partial charge in [-0.2, -0.15) is 5.26 Å². The van der Waals surface area contributed by atoms with Gasteiger partial charge in [0.15, 0.2) is 0 Å². The molecule has 0 aliphatic heterocycles. The average Bonchev–Trinajstić information content (AvgIpc) is 2.62. The van der Waals surface area contributed by atoms with Crippen LogP contribution in [0.25, 0.3) is 0 Å². The number of amides is 1. The average molecular weight is 375 g/mol. The molecule has 5 nitrogen and oxygen atoms in total. The molecule has 0 radical (unpaired) electrons. The summed E-state index contributed by atoms with van der Waals surface area (Å²) in [6, 6.07) is 14.3. The van der Waals surface area contributed by atoms with Crippen LogP contribution in [0.1, 0.15) is 11.1 Å². The molecule has 2 aromatic carbocycles. The van der Waals surface area contributed by atoms with Crippen molar-refractivity contribution >= 4 is 34.8 Å². The highest BCUT2D eigenvalue weighted by Crippen LogP contribution is 2.25. The van der Waals surface area contributed by atoms with Crippen LogP contribution in [0.3, 0.4) is 0 Å². The molecule has 0 heterocycles. The SMILES string of the molecule is N#C/C(=C/NCc1cccc(CN)c1)C(=O)Nc1ccc(Cl)c(Cl)c1. The molecule has 0 bridgehead atoms. The van der Waals surface area contributed by atoms with E-state index in [4.69, 9.17) is 34.2 Å². The minimum Gasteiger partial charge on any atom is -0.386 e. The zero-order valence-corrected chi connectivity index (χ0v) is 14.7. The van der Waals surface area contributed by atoms with Crippen LogP contribution < -0.4 is 16.4 Å². The molecular weight excluding hydrogens is 359 g/mol. The van der Waals surface area contributed by atoms with Crippen molar-refractivity contribution in [2.24, 2.45) is 5.73 Å². The number of carbonyl (C=O) groups is 1. The Labute approximate surface area is 156 Å². The van der Waals surface area contributed by atoms with Gasteiger partial charge in [-0.25, -0.2) is 0 Å². The second-order valence-electron chi connectivity index (χ2n) is 5.16. The molecule has 0 aliphatic carbocycles. The predicted octanol–water partition coefficient (Wildman–Crippen LogP) is 3.59. The van der Waals surface area contributed by atoms with Crippen LogP contribution in [0.4, 0.5) is 5.69 Å². The summed E-state index contributed by atoms with van der Waals surface area (Å²) >= 11 is 11.7. The van der Waals surface area contributed by atoms with Gasteiger partial charge >= 0.3 is 0 Å². The van der Waals surface area contributed by atoms with E-state index in [9.17, 15) is 4.79 Å². The van der Waals surface area contributed by atoms with Crippen LogP contribution in [0.15, 0.2) is 54.2 Å². The lowest BCUT2D eigenvalue weighted by Crippen LogP contribution is -2.16. The zero-order valence-electron chi connectivity index (χ0n) is 13.2. The molecule has 0 aliphatic rings. The summed E-state index contributed by atoms with van der Waals surface area (Å²) < 4.78 is 0. The van der Waals surface area contributed by atoms with E-state index in [2.05, 4.69) is 10.6 Å². The number of hydrogen-bond donors (Lipinski definition) is 3. The number of carbonyl (C=O) groups excluding carboxylic acids is 1. The summed E-state index contributed by atoms with van der Waals surface area (Å²) in [7, 11) is 0. The first kappa shape index (κ1) is 18.8. The maximum Gasteiger partial charge on any atom is 0.267 e. The molecule has 25 heavy (non-hydrogen) atoms. The molecular formula is C18H16Cl2N4O. The predicted molar refractivity (Wildman–Crippen MR) is 100.0 cm³/mol. The van der Waals surface area contributed by atoms with Crippen LogP contribution in [-0.2, 0) is 17.9 Å². The van der Waals surface area contributed by atoms with Crippen molar-refractivity contribution in [1.29, 1.82) is 5.26 Å². The summed E-state index contributed by atoms with van der Waals surface area (Å²) in [6.45, 7) is 0.929. The Kier molecular flexibility index (Phi) is 6.84. The zero-order chi connectivity index (χ0) is 18.2. The first-order valence-electron chi connectivity index (χ1n) is 7.41. The molecule has 0 saturated carbocycles. The normalized spacial score (nSPS) is 10.9. The molecule has 2 aromatic rings. The fourth-order valence-electron chi connectivity index (χ4n) is 2.06. The molecule has 7 heteroatoms. The maximum absolute atomic E-state index is 12.1. The molecule has 2 rings (SSSR count). The van der Waals surface area contributed by atoms with Crippen molar-refractivity contribution in [3.63, 3.8) is 0 Å². The Morgan fingerprint density at radius 1 is 1.16 bits per heavy atom. The van der Waals surface area contributed by atoms with Crippen molar-refractivity contribution in [2.45, 2.75) is 13.1 Å². The summed E-state index contributed by atoms with van der Waals surface area (Å²) in [5.41, 5.74) is 8.02. The number of anilines is 1. The minimum atomic E-state index is -0.538. The highest BCUT2D eigenvalue weighted by molar-refractivity contribution is 6.42. The van der Waals surface area contributed by atoms with E-state index >= 15 is 0 Å². The lowest BCUT2D eigenvalue weighted by atomic mass is 10.1. The highest BCUT2D eigenvalue weighted by Gasteiger charge is 2.10. The van der Waals surface area contributed by atoms with E-state index in [0.717, 1.165) is 11.1 Å². The van der Waals surface area contributed by atoms with E-state index in [0.29, 0.717) is 28.8 Å².